The number of rotatable bonds is 14. The maximum absolute atomic E-state index is 5.91. The molecule has 0 fully saturated rings. The first-order valence-electron chi connectivity index (χ1n) is 14.1. The lowest BCUT2D eigenvalue weighted by Crippen LogP contribution is -2.22. The van der Waals surface area contributed by atoms with E-state index in [1.807, 2.05) is 61.4 Å². The van der Waals surface area contributed by atoms with Crippen molar-refractivity contribution in [3.05, 3.63) is 132 Å². The van der Waals surface area contributed by atoms with E-state index in [9.17, 15) is 0 Å². The summed E-state index contributed by atoms with van der Waals surface area (Å²) in [6.45, 7) is 3.03. The van der Waals surface area contributed by atoms with Crippen LogP contribution in [0.25, 0.3) is 5.69 Å². The molecule has 0 aliphatic heterocycles. The minimum Gasteiger partial charge on any atom is -0.497 e. The van der Waals surface area contributed by atoms with Crippen LogP contribution in [0.4, 0.5) is 11.4 Å². The number of anilines is 2. The summed E-state index contributed by atoms with van der Waals surface area (Å²) < 4.78 is 19.1. The lowest BCUT2D eigenvalue weighted by Gasteiger charge is -2.26. The zero-order valence-corrected chi connectivity index (χ0v) is 24.5. The Kier molecular flexibility index (Phi) is 9.75. The van der Waals surface area contributed by atoms with E-state index in [-0.39, 0.29) is 0 Å². The van der Waals surface area contributed by atoms with E-state index >= 15 is 0 Å². The monoisotopic (exact) mass is 562 g/mol. The third-order valence-electron chi connectivity index (χ3n) is 6.96. The van der Waals surface area contributed by atoms with Gasteiger partial charge in [-0.05, 0) is 71.3 Å². The Morgan fingerprint density at radius 3 is 2.17 bits per heavy atom. The van der Waals surface area contributed by atoms with Crippen molar-refractivity contribution < 1.29 is 14.2 Å². The molecule has 1 aromatic heterocycles. The summed E-state index contributed by atoms with van der Waals surface area (Å²) in [7, 11) is 5.74. The number of hydrogen-bond acceptors (Lipinski definition) is 6. The van der Waals surface area contributed by atoms with Crippen LogP contribution in [-0.2, 0) is 24.4 Å². The van der Waals surface area contributed by atoms with Crippen LogP contribution in [0.2, 0.25) is 0 Å². The van der Waals surface area contributed by atoms with E-state index in [1.54, 1.807) is 13.3 Å². The molecular formula is C35H38N4O3. The van der Waals surface area contributed by atoms with E-state index in [0.717, 1.165) is 47.2 Å². The average molecular weight is 563 g/mol. The van der Waals surface area contributed by atoms with Gasteiger partial charge in [-0.25, -0.2) is 4.68 Å². The zero-order valence-electron chi connectivity index (χ0n) is 24.5. The van der Waals surface area contributed by atoms with Gasteiger partial charge in [0.25, 0.3) is 0 Å². The first-order chi connectivity index (χ1) is 20.6. The van der Waals surface area contributed by atoms with Crippen LogP contribution >= 0.6 is 0 Å². The molecular weight excluding hydrogens is 524 g/mol. The van der Waals surface area contributed by atoms with Crippen LogP contribution < -0.4 is 19.3 Å². The molecule has 5 rings (SSSR count). The van der Waals surface area contributed by atoms with Crippen molar-refractivity contribution in [3.63, 3.8) is 0 Å². The number of ether oxygens (including phenoxy) is 3. The minimum atomic E-state index is 0.501. The second-order valence-corrected chi connectivity index (χ2v) is 10.3. The maximum atomic E-state index is 5.91. The van der Waals surface area contributed by atoms with Crippen molar-refractivity contribution in [2.24, 2.45) is 0 Å². The molecule has 0 bridgehead atoms. The predicted octanol–water partition coefficient (Wildman–Crippen LogP) is 6.75. The molecule has 216 valence electrons. The predicted molar refractivity (Wildman–Crippen MR) is 169 cm³/mol. The standard InChI is InChI=1S/C35H38N4O3/c1-37(2)32-10-6-13-35(24-32)42-21-20-41-27-28-14-16-31(17-15-28)38(26-30-9-5-12-34(23-30)40-3)25-29-8-4-11-33(22-29)39-19-7-18-36-39/h4-19,22-24H,20-21,25-27H2,1-3H3. The van der Waals surface area contributed by atoms with Gasteiger partial charge in [0.1, 0.15) is 18.1 Å². The van der Waals surface area contributed by atoms with E-state index in [4.69, 9.17) is 14.2 Å². The molecule has 7 heteroatoms. The topological polar surface area (TPSA) is 52.0 Å². The van der Waals surface area contributed by atoms with Crippen LogP contribution in [0.15, 0.2) is 116 Å². The van der Waals surface area contributed by atoms with Crippen LogP contribution in [-0.4, -0.2) is 44.2 Å². The fourth-order valence-electron chi connectivity index (χ4n) is 4.73. The summed E-state index contributed by atoms with van der Waals surface area (Å²) in [6, 6.07) is 35.3. The molecule has 7 nitrogen and oxygen atoms in total. The minimum absolute atomic E-state index is 0.501. The lowest BCUT2D eigenvalue weighted by molar-refractivity contribution is 0.0889. The van der Waals surface area contributed by atoms with Crippen LogP contribution in [0.1, 0.15) is 16.7 Å². The molecule has 0 N–H and O–H groups in total. The SMILES string of the molecule is COc1cccc(CN(Cc2cccc(-n3cccn3)c2)c2ccc(COCCOc3cccc(N(C)C)c3)cc2)c1. The second-order valence-electron chi connectivity index (χ2n) is 10.3. The van der Waals surface area contributed by atoms with Gasteiger partial charge in [0.2, 0.25) is 0 Å². The van der Waals surface area contributed by atoms with E-state index in [2.05, 4.69) is 81.6 Å². The van der Waals surface area contributed by atoms with Gasteiger partial charge >= 0.3 is 0 Å². The van der Waals surface area contributed by atoms with Gasteiger partial charge in [0.05, 0.1) is 26.0 Å². The molecule has 0 saturated heterocycles. The highest BCUT2D eigenvalue weighted by Gasteiger charge is 2.11. The number of aromatic nitrogens is 2. The summed E-state index contributed by atoms with van der Waals surface area (Å²) in [5, 5.41) is 4.39. The molecule has 0 aliphatic rings. The van der Waals surface area contributed by atoms with E-state index in [0.29, 0.717) is 19.8 Å². The van der Waals surface area contributed by atoms with Crippen LogP contribution in [0, 0.1) is 0 Å². The molecule has 0 amide bonds. The average Bonchev–Trinajstić information content (AvgIpc) is 3.57. The summed E-state index contributed by atoms with van der Waals surface area (Å²) in [5.41, 5.74) is 6.79. The Bertz CT molecular complexity index is 1530. The highest BCUT2D eigenvalue weighted by atomic mass is 16.5. The Hall–Kier alpha value is -4.75. The summed E-state index contributed by atoms with van der Waals surface area (Å²) >= 11 is 0. The molecule has 5 aromatic rings. The van der Waals surface area contributed by atoms with Gasteiger partial charge in [-0.1, -0.05) is 42.5 Å². The summed E-state index contributed by atoms with van der Waals surface area (Å²) in [6.07, 6.45) is 3.76. The van der Waals surface area contributed by atoms with Crippen molar-refractivity contribution in [2.75, 3.05) is 44.2 Å². The van der Waals surface area contributed by atoms with Gasteiger partial charge in [0.15, 0.2) is 0 Å². The number of methoxy groups -OCH3 is 1. The highest BCUT2D eigenvalue weighted by Crippen LogP contribution is 2.24. The number of benzene rings is 4. The maximum Gasteiger partial charge on any atom is 0.121 e. The molecule has 0 spiro atoms. The zero-order chi connectivity index (χ0) is 29.1. The smallest absolute Gasteiger partial charge is 0.121 e. The third kappa shape index (κ3) is 7.92. The largest absolute Gasteiger partial charge is 0.497 e. The van der Waals surface area contributed by atoms with Gasteiger partial charge < -0.3 is 24.0 Å². The fraction of sp³-hybridized carbons (Fsp3) is 0.229. The van der Waals surface area contributed by atoms with Crippen LogP contribution in [0.3, 0.4) is 0 Å². The van der Waals surface area contributed by atoms with Gasteiger partial charge in [-0.15, -0.1) is 0 Å². The molecule has 4 aromatic carbocycles. The Morgan fingerprint density at radius 2 is 1.43 bits per heavy atom. The molecule has 0 aliphatic carbocycles. The van der Waals surface area contributed by atoms with Crippen molar-refractivity contribution in [2.45, 2.75) is 19.7 Å². The van der Waals surface area contributed by atoms with Gasteiger partial charge in [-0.2, -0.15) is 5.10 Å². The van der Waals surface area contributed by atoms with E-state index < -0.39 is 0 Å². The number of hydrogen-bond donors (Lipinski definition) is 0. The van der Waals surface area contributed by atoms with Crippen molar-refractivity contribution in [1.82, 2.24) is 9.78 Å². The summed E-state index contributed by atoms with van der Waals surface area (Å²) in [4.78, 5) is 4.43. The van der Waals surface area contributed by atoms with Gasteiger partial charge in [0, 0.05) is 57.0 Å². The first kappa shape index (κ1) is 28.8. The van der Waals surface area contributed by atoms with Crippen molar-refractivity contribution in [3.8, 4) is 17.2 Å². The molecule has 0 radical (unpaired) electrons. The Labute approximate surface area is 248 Å². The normalized spacial score (nSPS) is 10.8. The third-order valence-corrected chi connectivity index (χ3v) is 6.96. The highest BCUT2D eigenvalue weighted by molar-refractivity contribution is 5.50. The Balaban J connectivity index is 1.22. The first-order valence-corrected chi connectivity index (χ1v) is 14.1. The Morgan fingerprint density at radius 1 is 0.690 bits per heavy atom. The molecule has 0 unspecified atom stereocenters. The summed E-state index contributed by atoms with van der Waals surface area (Å²) in [5.74, 6) is 1.70. The molecule has 0 saturated carbocycles. The van der Waals surface area contributed by atoms with Crippen LogP contribution in [0.5, 0.6) is 11.5 Å². The fourth-order valence-corrected chi connectivity index (χ4v) is 4.73. The lowest BCUT2D eigenvalue weighted by atomic mass is 10.1. The molecule has 42 heavy (non-hydrogen) atoms. The molecule has 1 heterocycles. The second kappa shape index (κ2) is 14.2. The quantitative estimate of drug-likeness (QED) is 0.140. The van der Waals surface area contributed by atoms with Crippen molar-refractivity contribution >= 4 is 11.4 Å². The van der Waals surface area contributed by atoms with Gasteiger partial charge in [-0.3, -0.25) is 0 Å². The molecule has 0 atom stereocenters. The van der Waals surface area contributed by atoms with Crippen molar-refractivity contribution in [1.29, 1.82) is 0 Å². The van der Waals surface area contributed by atoms with E-state index in [1.165, 1.54) is 11.1 Å². The number of nitrogens with zero attached hydrogens (tertiary/aromatic N) is 4.